The Bertz CT molecular complexity index is 635. The lowest BCUT2D eigenvalue weighted by molar-refractivity contribution is 0.357. The summed E-state index contributed by atoms with van der Waals surface area (Å²) in [5, 5.41) is 4.39. The fourth-order valence-corrected chi connectivity index (χ4v) is 3.00. The van der Waals surface area contributed by atoms with Crippen molar-refractivity contribution < 1.29 is 4.74 Å². The van der Waals surface area contributed by atoms with Crippen molar-refractivity contribution in [2.45, 2.75) is 32.2 Å². The molecule has 0 radical (unpaired) electrons. The van der Waals surface area contributed by atoms with Crippen molar-refractivity contribution in [2.24, 2.45) is 12.9 Å². The third kappa shape index (κ3) is 2.94. The second-order valence-corrected chi connectivity index (χ2v) is 5.64. The van der Waals surface area contributed by atoms with Crippen LogP contribution in [0.1, 0.15) is 34.8 Å². The van der Waals surface area contributed by atoms with Crippen molar-refractivity contribution in [1.82, 2.24) is 15.2 Å². The highest BCUT2D eigenvalue weighted by atomic mass is 16.5. The zero-order valence-electron chi connectivity index (χ0n) is 12.6. The van der Waals surface area contributed by atoms with E-state index in [0.29, 0.717) is 0 Å². The van der Waals surface area contributed by atoms with Crippen molar-refractivity contribution in [3.63, 3.8) is 0 Å². The molecule has 0 saturated heterocycles. The number of nitrogens with one attached hydrogen (secondary N) is 1. The molecule has 0 aliphatic carbocycles. The Balaban J connectivity index is 1.69. The normalized spacial score (nSPS) is 14.8. The molecule has 1 aromatic heterocycles. The maximum Gasteiger partial charge on any atom is 0.122 e. The number of hydrogen-bond donors (Lipinski definition) is 2. The molecule has 5 nitrogen and oxygen atoms in total. The van der Waals surface area contributed by atoms with E-state index in [1.165, 1.54) is 16.7 Å². The maximum absolute atomic E-state index is 5.73. The Kier molecular flexibility index (Phi) is 3.94. The summed E-state index contributed by atoms with van der Waals surface area (Å²) >= 11 is 0. The van der Waals surface area contributed by atoms with Gasteiger partial charge in [0.1, 0.15) is 5.75 Å². The summed E-state index contributed by atoms with van der Waals surface area (Å²) in [5.41, 5.74) is 7.77. The fraction of sp³-hybridized carbons (Fsp3) is 0.438. The topological polar surface area (TPSA) is 65.1 Å². The van der Waals surface area contributed by atoms with Crippen LogP contribution >= 0.6 is 0 Å². The Morgan fingerprint density at radius 3 is 3.05 bits per heavy atom. The molecule has 21 heavy (non-hydrogen) atoms. The molecule has 2 heterocycles. The predicted molar refractivity (Wildman–Crippen MR) is 82.0 cm³/mol. The van der Waals surface area contributed by atoms with Gasteiger partial charge in [0.05, 0.1) is 12.3 Å². The van der Waals surface area contributed by atoms with Gasteiger partial charge in [0.25, 0.3) is 0 Å². The Morgan fingerprint density at radius 2 is 2.33 bits per heavy atom. The molecule has 0 bridgehead atoms. The van der Waals surface area contributed by atoms with Crippen LogP contribution in [-0.2, 0) is 19.9 Å². The van der Waals surface area contributed by atoms with Crippen molar-refractivity contribution in [2.75, 3.05) is 6.61 Å². The SMILES string of the molecule is Cc1nn(C)cc1C(CCc1ccc2c(c1)CCO2)NN. The highest BCUT2D eigenvalue weighted by molar-refractivity contribution is 5.39. The van der Waals surface area contributed by atoms with E-state index in [1.54, 1.807) is 0 Å². The lowest BCUT2D eigenvalue weighted by Gasteiger charge is -2.15. The van der Waals surface area contributed by atoms with Crippen LogP contribution in [0, 0.1) is 6.92 Å². The smallest absolute Gasteiger partial charge is 0.122 e. The first-order valence-corrected chi connectivity index (χ1v) is 7.38. The number of aromatic nitrogens is 2. The van der Waals surface area contributed by atoms with Crippen LogP contribution < -0.4 is 16.0 Å². The first-order valence-electron chi connectivity index (χ1n) is 7.38. The van der Waals surface area contributed by atoms with Crippen LogP contribution in [0.15, 0.2) is 24.4 Å². The van der Waals surface area contributed by atoms with E-state index in [1.807, 2.05) is 24.9 Å². The highest BCUT2D eigenvalue weighted by Gasteiger charge is 2.16. The van der Waals surface area contributed by atoms with Crippen molar-refractivity contribution in [3.8, 4) is 5.75 Å². The summed E-state index contributed by atoms with van der Waals surface area (Å²) in [6.45, 7) is 2.83. The van der Waals surface area contributed by atoms with Gasteiger partial charge in [-0.3, -0.25) is 16.0 Å². The van der Waals surface area contributed by atoms with Crippen LogP contribution in [0.5, 0.6) is 5.75 Å². The molecule has 3 N–H and O–H groups in total. The predicted octanol–water partition coefficient (Wildman–Crippen LogP) is 1.80. The molecule has 0 amide bonds. The second kappa shape index (κ2) is 5.87. The van der Waals surface area contributed by atoms with E-state index in [4.69, 9.17) is 10.6 Å². The van der Waals surface area contributed by atoms with Crippen molar-refractivity contribution >= 4 is 0 Å². The van der Waals surface area contributed by atoms with Gasteiger partial charge in [0.15, 0.2) is 0 Å². The standard InChI is InChI=1S/C16H22N4O/c1-11-14(10-20(2)19-11)15(18-17)5-3-12-4-6-16-13(9-12)7-8-21-16/h4,6,9-10,15,18H,3,5,7-8,17H2,1-2H3. The average Bonchev–Trinajstić information content (AvgIpc) is 3.05. The highest BCUT2D eigenvalue weighted by Crippen LogP contribution is 2.27. The molecule has 2 aromatic rings. The molecule has 5 heteroatoms. The molecule has 1 aliphatic heterocycles. The van der Waals surface area contributed by atoms with Gasteiger partial charge in [-0.05, 0) is 37.0 Å². The monoisotopic (exact) mass is 286 g/mol. The minimum absolute atomic E-state index is 0.128. The maximum atomic E-state index is 5.73. The minimum Gasteiger partial charge on any atom is -0.493 e. The van der Waals surface area contributed by atoms with Crippen LogP contribution in [0.3, 0.4) is 0 Å². The van der Waals surface area contributed by atoms with Crippen LogP contribution in [0.2, 0.25) is 0 Å². The summed E-state index contributed by atoms with van der Waals surface area (Å²) in [4.78, 5) is 0. The summed E-state index contributed by atoms with van der Waals surface area (Å²) in [7, 11) is 1.94. The third-order valence-corrected chi connectivity index (χ3v) is 4.10. The molecule has 112 valence electrons. The lowest BCUT2D eigenvalue weighted by atomic mass is 9.98. The van der Waals surface area contributed by atoms with Gasteiger partial charge in [-0.25, -0.2) is 0 Å². The molecular weight excluding hydrogens is 264 g/mol. The number of rotatable bonds is 5. The van der Waals surface area contributed by atoms with E-state index in [-0.39, 0.29) is 6.04 Å². The van der Waals surface area contributed by atoms with E-state index < -0.39 is 0 Å². The molecule has 1 aromatic carbocycles. The minimum atomic E-state index is 0.128. The summed E-state index contributed by atoms with van der Waals surface area (Å²) in [5.74, 6) is 6.77. The van der Waals surface area contributed by atoms with Gasteiger partial charge in [-0.15, -0.1) is 0 Å². The molecule has 0 saturated carbocycles. The van der Waals surface area contributed by atoms with E-state index in [2.05, 4.69) is 28.7 Å². The molecule has 1 aliphatic rings. The largest absolute Gasteiger partial charge is 0.493 e. The zero-order valence-corrected chi connectivity index (χ0v) is 12.6. The van der Waals surface area contributed by atoms with E-state index >= 15 is 0 Å². The molecule has 1 unspecified atom stereocenters. The van der Waals surface area contributed by atoms with Crippen LogP contribution in [0.25, 0.3) is 0 Å². The average molecular weight is 286 g/mol. The van der Waals surface area contributed by atoms with Crippen LogP contribution in [-0.4, -0.2) is 16.4 Å². The molecule has 3 rings (SSSR count). The first-order chi connectivity index (χ1) is 10.2. The number of aryl methyl sites for hydroxylation is 3. The number of hydrogen-bond acceptors (Lipinski definition) is 4. The van der Waals surface area contributed by atoms with Gasteiger partial charge in [-0.2, -0.15) is 5.10 Å². The summed E-state index contributed by atoms with van der Waals surface area (Å²) in [6.07, 6.45) is 4.99. The van der Waals surface area contributed by atoms with Gasteiger partial charge < -0.3 is 4.74 Å². The molecule has 0 spiro atoms. The summed E-state index contributed by atoms with van der Waals surface area (Å²) in [6, 6.07) is 6.61. The van der Waals surface area contributed by atoms with Crippen molar-refractivity contribution in [1.29, 1.82) is 0 Å². The van der Waals surface area contributed by atoms with Gasteiger partial charge in [-0.1, -0.05) is 12.1 Å². The number of benzene rings is 1. The second-order valence-electron chi connectivity index (χ2n) is 5.64. The van der Waals surface area contributed by atoms with E-state index in [0.717, 1.165) is 37.3 Å². The molecule has 0 fully saturated rings. The van der Waals surface area contributed by atoms with E-state index in [9.17, 15) is 0 Å². The number of hydrazine groups is 1. The number of ether oxygens (including phenoxy) is 1. The Morgan fingerprint density at radius 1 is 1.48 bits per heavy atom. The first kappa shape index (κ1) is 14.1. The molecular formula is C16H22N4O. The van der Waals surface area contributed by atoms with Gasteiger partial charge in [0.2, 0.25) is 0 Å². The molecule has 1 atom stereocenters. The lowest BCUT2D eigenvalue weighted by Crippen LogP contribution is -2.28. The van der Waals surface area contributed by atoms with Gasteiger partial charge >= 0.3 is 0 Å². The number of nitrogens with zero attached hydrogens (tertiary/aromatic N) is 2. The zero-order chi connectivity index (χ0) is 14.8. The fourth-order valence-electron chi connectivity index (χ4n) is 3.00. The Hall–Kier alpha value is -1.85. The number of fused-ring (bicyclic) bond motifs is 1. The summed E-state index contributed by atoms with van der Waals surface area (Å²) < 4.78 is 7.38. The van der Waals surface area contributed by atoms with Gasteiger partial charge in [0, 0.05) is 31.3 Å². The van der Waals surface area contributed by atoms with Crippen molar-refractivity contribution in [3.05, 3.63) is 46.8 Å². The Labute approximate surface area is 125 Å². The van der Waals surface area contributed by atoms with Crippen LogP contribution in [0.4, 0.5) is 0 Å². The number of nitrogens with two attached hydrogens (primary N) is 1. The third-order valence-electron chi connectivity index (χ3n) is 4.10. The quantitative estimate of drug-likeness (QED) is 0.650.